The van der Waals surface area contributed by atoms with Crippen molar-refractivity contribution in [2.75, 3.05) is 20.8 Å². The van der Waals surface area contributed by atoms with Gasteiger partial charge in [0.1, 0.15) is 0 Å². The lowest BCUT2D eigenvalue weighted by Gasteiger charge is -2.29. The molecule has 2 N–H and O–H groups in total. The molecule has 1 heterocycles. The van der Waals surface area contributed by atoms with Crippen molar-refractivity contribution in [3.05, 3.63) is 59.2 Å². The van der Waals surface area contributed by atoms with E-state index in [1.807, 2.05) is 36.4 Å². The fraction of sp³-hybridized carbons (Fsp3) is 0.368. The first kappa shape index (κ1) is 15.8. The van der Waals surface area contributed by atoms with Gasteiger partial charge in [-0.2, -0.15) is 0 Å². The molecule has 0 aliphatic carbocycles. The lowest BCUT2D eigenvalue weighted by molar-refractivity contribution is 0.150. The van der Waals surface area contributed by atoms with Crippen molar-refractivity contribution in [2.45, 2.75) is 25.0 Å². The Morgan fingerprint density at radius 2 is 1.83 bits per heavy atom. The summed E-state index contributed by atoms with van der Waals surface area (Å²) in [7, 11) is 3.30. The molecule has 4 heteroatoms. The van der Waals surface area contributed by atoms with Gasteiger partial charge in [0, 0.05) is 6.04 Å². The summed E-state index contributed by atoms with van der Waals surface area (Å²) in [5.41, 5.74) is 3.39. The maximum Gasteiger partial charge on any atom is 0.161 e. The quantitative estimate of drug-likeness (QED) is 0.891. The Balaban J connectivity index is 1.86. The van der Waals surface area contributed by atoms with Gasteiger partial charge in [-0.1, -0.05) is 30.3 Å². The van der Waals surface area contributed by atoms with Crippen LogP contribution in [0.2, 0.25) is 0 Å². The molecule has 2 aromatic rings. The molecular formula is C19H23NO3. The summed E-state index contributed by atoms with van der Waals surface area (Å²) in [6.45, 7) is 0.897. The molecule has 0 radical (unpaired) electrons. The molecule has 0 saturated heterocycles. The minimum Gasteiger partial charge on any atom is -0.493 e. The van der Waals surface area contributed by atoms with Crippen LogP contribution < -0.4 is 14.8 Å². The van der Waals surface area contributed by atoms with E-state index in [1.165, 1.54) is 11.1 Å². The molecule has 0 bridgehead atoms. The van der Waals surface area contributed by atoms with Crippen LogP contribution in [-0.2, 0) is 6.42 Å². The first-order valence-electron chi connectivity index (χ1n) is 7.94. The summed E-state index contributed by atoms with van der Waals surface area (Å²) in [4.78, 5) is 0. The van der Waals surface area contributed by atoms with Crippen LogP contribution in [0.3, 0.4) is 0 Å². The number of methoxy groups -OCH3 is 2. The van der Waals surface area contributed by atoms with E-state index in [0.29, 0.717) is 6.42 Å². The van der Waals surface area contributed by atoms with Gasteiger partial charge < -0.3 is 19.9 Å². The Labute approximate surface area is 137 Å². The minimum absolute atomic E-state index is 0.105. The number of hydrogen-bond donors (Lipinski definition) is 2. The van der Waals surface area contributed by atoms with Gasteiger partial charge >= 0.3 is 0 Å². The van der Waals surface area contributed by atoms with Crippen LogP contribution in [0.1, 0.15) is 35.3 Å². The molecule has 23 heavy (non-hydrogen) atoms. The molecule has 122 valence electrons. The van der Waals surface area contributed by atoms with Gasteiger partial charge in [0.05, 0.1) is 20.3 Å². The maximum atomic E-state index is 10.5. The number of hydrogen-bond acceptors (Lipinski definition) is 4. The fourth-order valence-corrected chi connectivity index (χ4v) is 3.21. The molecule has 0 fully saturated rings. The Kier molecular flexibility index (Phi) is 4.84. The third-order valence-corrected chi connectivity index (χ3v) is 4.45. The molecule has 0 saturated carbocycles. The number of fused-ring (bicyclic) bond motifs is 1. The van der Waals surface area contributed by atoms with Crippen molar-refractivity contribution in [3.63, 3.8) is 0 Å². The SMILES string of the molecule is COc1cc2c(cc1OC)[C@@H](C[C@H](O)c1ccccc1)NCC2. The van der Waals surface area contributed by atoms with E-state index in [9.17, 15) is 5.11 Å². The predicted octanol–water partition coefficient (Wildman–Crippen LogP) is 3.01. The van der Waals surface area contributed by atoms with Gasteiger partial charge in [0.2, 0.25) is 0 Å². The van der Waals surface area contributed by atoms with Crippen molar-refractivity contribution in [2.24, 2.45) is 0 Å². The zero-order chi connectivity index (χ0) is 16.2. The van der Waals surface area contributed by atoms with E-state index in [2.05, 4.69) is 11.4 Å². The van der Waals surface area contributed by atoms with Gasteiger partial charge in [-0.15, -0.1) is 0 Å². The Morgan fingerprint density at radius 3 is 2.52 bits per heavy atom. The van der Waals surface area contributed by atoms with Crippen LogP contribution in [0.5, 0.6) is 11.5 Å². The van der Waals surface area contributed by atoms with Crippen LogP contribution in [0.4, 0.5) is 0 Å². The van der Waals surface area contributed by atoms with Gasteiger partial charge in [0.25, 0.3) is 0 Å². The molecule has 3 rings (SSSR count). The molecule has 2 aromatic carbocycles. The summed E-state index contributed by atoms with van der Waals surface area (Å²) in [5, 5.41) is 14.0. The third-order valence-electron chi connectivity index (χ3n) is 4.45. The highest BCUT2D eigenvalue weighted by Crippen LogP contribution is 2.37. The average molecular weight is 313 g/mol. The van der Waals surface area contributed by atoms with Crippen LogP contribution in [-0.4, -0.2) is 25.9 Å². The summed E-state index contributed by atoms with van der Waals surface area (Å²) in [6.07, 6.45) is 1.09. The smallest absolute Gasteiger partial charge is 0.161 e. The highest BCUT2D eigenvalue weighted by Gasteiger charge is 2.25. The first-order chi connectivity index (χ1) is 11.2. The van der Waals surface area contributed by atoms with Gasteiger partial charge in [-0.05, 0) is 48.2 Å². The monoisotopic (exact) mass is 313 g/mol. The number of nitrogens with one attached hydrogen (secondary N) is 1. The normalized spacial score (nSPS) is 18.1. The second kappa shape index (κ2) is 7.02. The Bertz CT molecular complexity index is 657. The topological polar surface area (TPSA) is 50.7 Å². The van der Waals surface area contributed by atoms with Gasteiger partial charge in [-0.3, -0.25) is 0 Å². The van der Waals surface area contributed by atoms with Crippen molar-refractivity contribution in [1.82, 2.24) is 5.32 Å². The Hall–Kier alpha value is -2.04. The number of rotatable bonds is 5. The fourth-order valence-electron chi connectivity index (χ4n) is 3.21. The summed E-state index contributed by atoms with van der Waals surface area (Å²) in [5.74, 6) is 1.49. The van der Waals surface area contributed by atoms with Crippen molar-refractivity contribution >= 4 is 0 Å². The number of benzene rings is 2. The summed E-state index contributed by atoms with van der Waals surface area (Å²) >= 11 is 0. The molecule has 0 spiro atoms. The standard InChI is InChI=1S/C19H23NO3/c1-22-18-10-14-8-9-20-16(15(14)11-19(18)23-2)12-17(21)13-6-4-3-5-7-13/h3-7,10-11,16-17,20-21H,8-9,12H2,1-2H3/t16-,17+/m1/s1. The number of ether oxygens (including phenoxy) is 2. The largest absolute Gasteiger partial charge is 0.493 e. The molecular weight excluding hydrogens is 290 g/mol. The molecule has 1 aliphatic heterocycles. The van der Waals surface area contributed by atoms with Crippen molar-refractivity contribution < 1.29 is 14.6 Å². The van der Waals surface area contributed by atoms with Gasteiger partial charge in [-0.25, -0.2) is 0 Å². The number of aliphatic hydroxyl groups excluding tert-OH is 1. The summed E-state index contributed by atoms with van der Waals surface area (Å²) < 4.78 is 10.8. The van der Waals surface area contributed by atoms with Crippen LogP contribution in [0.25, 0.3) is 0 Å². The average Bonchev–Trinajstić information content (AvgIpc) is 2.61. The summed E-state index contributed by atoms with van der Waals surface area (Å²) in [6, 6.07) is 14.0. The van der Waals surface area contributed by atoms with E-state index in [4.69, 9.17) is 9.47 Å². The lowest BCUT2D eigenvalue weighted by atomic mass is 9.89. The molecule has 0 amide bonds. The third kappa shape index (κ3) is 3.33. The van der Waals surface area contributed by atoms with Crippen LogP contribution in [0, 0.1) is 0 Å². The Morgan fingerprint density at radius 1 is 1.13 bits per heavy atom. The lowest BCUT2D eigenvalue weighted by Crippen LogP contribution is -2.31. The first-order valence-corrected chi connectivity index (χ1v) is 7.94. The van der Waals surface area contributed by atoms with E-state index >= 15 is 0 Å². The van der Waals surface area contributed by atoms with E-state index < -0.39 is 6.10 Å². The maximum absolute atomic E-state index is 10.5. The second-order valence-corrected chi connectivity index (χ2v) is 5.82. The zero-order valence-corrected chi connectivity index (χ0v) is 13.6. The van der Waals surface area contributed by atoms with Crippen molar-refractivity contribution in [3.8, 4) is 11.5 Å². The highest BCUT2D eigenvalue weighted by molar-refractivity contribution is 5.49. The molecule has 4 nitrogen and oxygen atoms in total. The van der Waals surface area contributed by atoms with E-state index in [1.54, 1.807) is 14.2 Å². The van der Waals surface area contributed by atoms with Gasteiger partial charge in [0.15, 0.2) is 11.5 Å². The highest BCUT2D eigenvalue weighted by atomic mass is 16.5. The molecule has 1 aliphatic rings. The molecule has 0 aromatic heterocycles. The van der Waals surface area contributed by atoms with E-state index in [-0.39, 0.29) is 6.04 Å². The van der Waals surface area contributed by atoms with E-state index in [0.717, 1.165) is 30.0 Å². The molecule has 0 unspecified atom stereocenters. The van der Waals surface area contributed by atoms with Crippen LogP contribution in [0.15, 0.2) is 42.5 Å². The predicted molar refractivity (Wildman–Crippen MR) is 90.0 cm³/mol. The van der Waals surface area contributed by atoms with Crippen LogP contribution >= 0.6 is 0 Å². The number of aliphatic hydroxyl groups is 1. The minimum atomic E-state index is -0.493. The zero-order valence-electron chi connectivity index (χ0n) is 13.6. The second-order valence-electron chi connectivity index (χ2n) is 5.82. The molecule has 2 atom stereocenters. The van der Waals surface area contributed by atoms with Crippen molar-refractivity contribution in [1.29, 1.82) is 0 Å².